The van der Waals surface area contributed by atoms with Crippen molar-refractivity contribution in [2.24, 2.45) is 0 Å². The molecule has 1 aromatic rings. The van der Waals surface area contributed by atoms with E-state index in [1.807, 2.05) is 0 Å². The number of aliphatic hydroxyl groups is 1. The van der Waals surface area contributed by atoms with Gasteiger partial charge < -0.3 is 10.4 Å². The molecule has 1 fully saturated rings. The zero-order valence-corrected chi connectivity index (χ0v) is 13.3. The minimum atomic E-state index is -0.372. The van der Waals surface area contributed by atoms with Gasteiger partial charge in [-0.1, -0.05) is 44.4 Å². The van der Waals surface area contributed by atoms with Crippen LogP contribution in [0.1, 0.15) is 74.7 Å². The number of aryl methyl sites for hydroxylation is 2. The quantitative estimate of drug-likeness (QED) is 0.860. The zero-order chi connectivity index (χ0) is 14.7. The standard InChI is InChI=1S/C19H29NO/c1-2-18(20-17-9-4-3-5-10-17)19(21)16-12-11-14-7-6-8-15(14)13-16/h11-13,17-21H,2-10H2,1H3. The average Bonchev–Trinajstić information content (AvgIpc) is 3.00. The summed E-state index contributed by atoms with van der Waals surface area (Å²) < 4.78 is 0. The first kappa shape index (κ1) is 15.1. The average molecular weight is 287 g/mol. The topological polar surface area (TPSA) is 32.3 Å². The van der Waals surface area contributed by atoms with Gasteiger partial charge >= 0.3 is 0 Å². The first-order valence-corrected chi connectivity index (χ1v) is 8.83. The Labute approximate surface area is 129 Å². The Morgan fingerprint density at radius 2 is 1.86 bits per heavy atom. The number of fused-ring (bicyclic) bond motifs is 1. The lowest BCUT2D eigenvalue weighted by Crippen LogP contribution is -2.42. The van der Waals surface area contributed by atoms with Crippen LogP contribution in [0.15, 0.2) is 18.2 Å². The van der Waals surface area contributed by atoms with E-state index in [9.17, 15) is 5.11 Å². The van der Waals surface area contributed by atoms with Crippen LogP contribution in [-0.4, -0.2) is 17.2 Å². The molecule has 0 bridgehead atoms. The van der Waals surface area contributed by atoms with Crippen molar-refractivity contribution in [3.05, 3.63) is 34.9 Å². The van der Waals surface area contributed by atoms with Crippen molar-refractivity contribution < 1.29 is 5.11 Å². The minimum absolute atomic E-state index is 0.188. The summed E-state index contributed by atoms with van der Waals surface area (Å²) in [7, 11) is 0. The fraction of sp³-hybridized carbons (Fsp3) is 0.684. The normalized spacial score (nSPS) is 22.0. The maximum Gasteiger partial charge on any atom is 0.0943 e. The Morgan fingerprint density at radius 3 is 2.62 bits per heavy atom. The highest BCUT2D eigenvalue weighted by Crippen LogP contribution is 2.28. The summed E-state index contributed by atoms with van der Waals surface area (Å²) in [4.78, 5) is 0. The van der Waals surface area contributed by atoms with Crippen LogP contribution in [0.4, 0.5) is 0 Å². The maximum absolute atomic E-state index is 10.8. The molecule has 1 aromatic carbocycles. The zero-order valence-electron chi connectivity index (χ0n) is 13.3. The number of nitrogens with one attached hydrogen (secondary N) is 1. The molecule has 0 amide bonds. The van der Waals surface area contributed by atoms with E-state index in [1.54, 1.807) is 0 Å². The molecule has 2 unspecified atom stereocenters. The van der Waals surface area contributed by atoms with Gasteiger partial charge in [0, 0.05) is 12.1 Å². The van der Waals surface area contributed by atoms with E-state index in [1.165, 1.54) is 62.5 Å². The molecule has 0 radical (unpaired) electrons. The highest BCUT2D eigenvalue weighted by Gasteiger charge is 2.24. The Bertz CT molecular complexity index is 465. The molecule has 1 saturated carbocycles. The second-order valence-electron chi connectivity index (χ2n) is 6.84. The van der Waals surface area contributed by atoms with Crippen molar-refractivity contribution in [1.82, 2.24) is 5.32 Å². The van der Waals surface area contributed by atoms with Crippen LogP contribution >= 0.6 is 0 Å². The third-order valence-electron chi connectivity index (χ3n) is 5.34. The highest BCUT2D eigenvalue weighted by molar-refractivity contribution is 5.36. The van der Waals surface area contributed by atoms with Gasteiger partial charge in [0.15, 0.2) is 0 Å². The molecule has 0 saturated heterocycles. The Hall–Kier alpha value is -0.860. The maximum atomic E-state index is 10.8. The SMILES string of the molecule is CCC(NC1CCCCC1)C(O)c1ccc2c(c1)CCC2. The smallest absolute Gasteiger partial charge is 0.0943 e. The van der Waals surface area contributed by atoms with Crippen molar-refractivity contribution >= 4 is 0 Å². The highest BCUT2D eigenvalue weighted by atomic mass is 16.3. The molecule has 2 heteroatoms. The van der Waals surface area contributed by atoms with E-state index in [0.29, 0.717) is 6.04 Å². The number of hydrogen-bond acceptors (Lipinski definition) is 2. The second kappa shape index (κ2) is 6.93. The van der Waals surface area contributed by atoms with Crippen LogP contribution in [0.3, 0.4) is 0 Å². The number of hydrogen-bond donors (Lipinski definition) is 2. The van der Waals surface area contributed by atoms with Gasteiger partial charge in [-0.2, -0.15) is 0 Å². The molecule has 3 rings (SSSR count). The van der Waals surface area contributed by atoms with Crippen molar-refractivity contribution in [3.8, 4) is 0 Å². The third-order valence-corrected chi connectivity index (χ3v) is 5.34. The molecule has 21 heavy (non-hydrogen) atoms. The lowest BCUT2D eigenvalue weighted by atomic mass is 9.92. The molecule has 0 spiro atoms. The second-order valence-corrected chi connectivity index (χ2v) is 6.84. The summed E-state index contributed by atoms with van der Waals surface area (Å²) in [5, 5.41) is 14.5. The molecule has 0 aliphatic heterocycles. The fourth-order valence-corrected chi connectivity index (χ4v) is 4.01. The van der Waals surface area contributed by atoms with E-state index < -0.39 is 0 Å². The lowest BCUT2D eigenvalue weighted by molar-refractivity contribution is 0.114. The molecular weight excluding hydrogens is 258 g/mol. The molecule has 2 N–H and O–H groups in total. The summed E-state index contributed by atoms with van der Waals surface area (Å²) in [6.45, 7) is 2.18. The van der Waals surface area contributed by atoms with Crippen LogP contribution in [0, 0.1) is 0 Å². The third kappa shape index (κ3) is 3.49. The van der Waals surface area contributed by atoms with Crippen molar-refractivity contribution in [2.45, 2.75) is 82.9 Å². The Balaban J connectivity index is 1.67. The van der Waals surface area contributed by atoms with E-state index in [-0.39, 0.29) is 12.1 Å². The first-order valence-electron chi connectivity index (χ1n) is 8.83. The van der Waals surface area contributed by atoms with E-state index in [2.05, 4.69) is 30.4 Å². The molecule has 2 atom stereocenters. The number of aliphatic hydroxyl groups excluding tert-OH is 1. The Morgan fingerprint density at radius 1 is 1.10 bits per heavy atom. The summed E-state index contributed by atoms with van der Waals surface area (Å²) in [5.41, 5.74) is 4.05. The first-order chi connectivity index (χ1) is 10.3. The van der Waals surface area contributed by atoms with E-state index in [0.717, 1.165) is 12.0 Å². The van der Waals surface area contributed by atoms with Crippen molar-refractivity contribution in [3.63, 3.8) is 0 Å². The molecule has 2 aliphatic carbocycles. The summed E-state index contributed by atoms with van der Waals surface area (Å²) >= 11 is 0. The van der Waals surface area contributed by atoms with Gasteiger partial charge in [0.05, 0.1) is 6.10 Å². The molecule has 2 aliphatic rings. The minimum Gasteiger partial charge on any atom is -0.387 e. The van der Waals surface area contributed by atoms with Crippen LogP contribution in [0.25, 0.3) is 0 Å². The van der Waals surface area contributed by atoms with E-state index >= 15 is 0 Å². The van der Waals surface area contributed by atoms with Crippen molar-refractivity contribution in [1.29, 1.82) is 0 Å². The molecule has 0 heterocycles. The van der Waals surface area contributed by atoms with Gasteiger partial charge in [-0.05, 0) is 55.2 Å². The molecule has 116 valence electrons. The van der Waals surface area contributed by atoms with Gasteiger partial charge in [0.2, 0.25) is 0 Å². The predicted octanol–water partition coefficient (Wildman–Crippen LogP) is 3.91. The number of benzene rings is 1. The van der Waals surface area contributed by atoms with Gasteiger partial charge in [0.1, 0.15) is 0 Å². The van der Waals surface area contributed by atoms with Crippen LogP contribution in [0.2, 0.25) is 0 Å². The Kier molecular flexibility index (Phi) is 4.97. The lowest BCUT2D eigenvalue weighted by Gasteiger charge is -2.31. The van der Waals surface area contributed by atoms with Crippen LogP contribution < -0.4 is 5.32 Å². The number of rotatable bonds is 5. The predicted molar refractivity (Wildman–Crippen MR) is 87.5 cm³/mol. The largest absolute Gasteiger partial charge is 0.387 e. The summed E-state index contributed by atoms with van der Waals surface area (Å²) in [6, 6.07) is 7.41. The van der Waals surface area contributed by atoms with E-state index in [4.69, 9.17) is 0 Å². The summed E-state index contributed by atoms with van der Waals surface area (Å²) in [6.07, 6.45) is 10.9. The summed E-state index contributed by atoms with van der Waals surface area (Å²) in [5.74, 6) is 0. The fourth-order valence-electron chi connectivity index (χ4n) is 4.01. The molecule has 0 aromatic heterocycles. The van der Waals surface area contributed by atoms with Crippen molar-refractivity contribution in [2.75, 3.05) is 0 Å². The van der Waals surface area contributed by atoms with Gasteiger partial charge in [-0.25, -0.2) is 0 Å². The van der Waals surface area contributed by atoms with Gasteiger partial charge in [0.25, 0.3) is 0 Å². The van der Waals surface area contributed by atoms with Crippen LogP contribution in [0.5, 0.6) is 0 Å². The van der Waals surface area contributed by atoms with Crippen LogP contribution in [-0.2, 0) is 12.8 Å². The molecular formula is C19H29NO. The monoisotopic (exact) mass is 287 g/mol. The molecule has 2 nitrogen and oxygen atoms in total. The van der Waals surface area contributed by atoms with Gasteiger partial charge in [-0.3, -0.25) is 0 Å². The van der Waals surface area contributed by atoms with Gasteiger partial charge in [-0.15, -0.1) is 0 Å².